The van der Waals surface area contributed by atoms with E-state index in [-0.39, 0.29) is 0 Å². The predicted molar refractivity (Wildman–Crippen MR) is 94.7 cm³/mol. The summed E-state index contributed by atoms with van der Waals surface area (Å²) in [5.41, 5.74) is 2.16. The number of benzene rings is 2. The molecule has 2 heteroatoms. The number of ether oxygens (including phenoxy) is 2. The summed E-state index contributed by atoms with van der Waals surface area (Å²) in [6.45, 7) is 7.51. The molecular formula is C21H24O2. The van der Waals surface area contributed by atoms with Gasteiger partial charge in [0.15, 0.2) is 0 Å². The summed E-state index contributed by atoms with van der Waals surface area (Å²) in [6.07, 6.45) is 1.13. The molecule has 0 radical (unpaired) electrons. The van der Waals surface area contributed by atoms with Crippen molar-refractivity contribution in [2.24, 2.45) is 5.92 Å². The van der Waals surface area contributed by atoms with E-state index in [1.54, 1.807) is 0 Å². The lowest BCUT2D eigenvalue weighted by Crippen LogP contribution is -2.07. The minimum atomic E-state index is 0.549. The highest BCUT2D eigenvalue weighted by Crippen LogP contribution is 2.19. The molecule has 2 nitrogen and oxygen atoms in total. The Balaban J connectivity index is 1.84. The monoisotopic (exact) mass is 308 g/mol. The van der Waals surface area contributed by atoms with Crippen LogP contribution in [0.4, 0.5) is 0 Å². The van der Waals surface area contributed by atoms with Crippen LogP contribution in [-0.2, 0) is 6.61 Å². The second-order valence-electron chi connectivity index (χ2n) is 5.66. The van der Waals surface area contributed by atoms with Crippen LogP contribution in [0, 0.1) is 17.8 Å². The lowest BCUT2D eigenvalue weighted by molar-refractivity contribution is 0.255. The van der Waals surface area contributed by atoms with Gasteiger partial charge in [-0.25, -0.2) is 0 Å². The Morgan fingerprint density at radius 3 is 2.09 bits per heavy atom. The molecule has 0 aliphatic rings. The van der Waals surface area contributed by atoms with Crippen molar-refractivity contribution in [1.82, 2.24) is 0 Å². The Hall–Kier alpha value is -2.40. The van der Waals surface area contributed by atoms with Crippen LogP contribution >= 0.6 is 0 Å². The summed E-state index contributed by atoms with van der Waals surface area (Å²) >= 11 is 0. The van der Waals surface area contributed by atoms with Crippen molar-refractivity contribution >= 4 is 0 Å². The molecule has 0 bridgehead atoms. The molecular weight excluding hydrogens is 284 g/mol. The molecule has 0 aromatic heterocycles. The van der Waals surface area contributed by atoms with Crippen molar-refractivity contribution < 1.29 is 9.47 Å². The normalized spacial score (nSPS) is 11.3. The molecule has 0 fully saturated rings. The first-order valence-electron chi connectivity index (χ1n) is 8.08. The first-order valence-corrected chi connectivity index (χ1v) is 8.08. The van der Waals surface area contributed by atoms with Crippen LogP contribution in [0.5, 0.6) is 11.5 Å². The van der Waals surface area contributed by atoms with Gasteiger partial charge in [0, 0.05) is 5.56 Å². The Morgan fingerprint density at radius 1 is 0.913 bits per heavy atom. The third-order valence-electron chi connectivity index (χ3n) is 3.68. The molecule has 2 aromatic carbocycles. The van der Waals surface area contributed by atoms with Crippen LogP contribution < -0.4 is 9.47 Å². The molecule has 0 saturated heterocycles. The minimum absolute atomic E-state index is 0.549. The summed E-state index contributed by atoms with van der Waals surface area (Å²) in [4.78, 5) is 0. The zero-order valence-electron chi connectivity index (χ0n) is 14.1. The van der Waals surface area contributed by atoms with E-state index in [2.05, 4.69) is 25.7 Å². The van der Waals surface area contributed by atoms with Crippen LogP contribution in [0.3, 0.4) is 0 Å². The van der Waals surface area contributed by atoms with E-state index in [0.29, 0.717) is 12.5 Å². The summed E-state index contributed by atoms with van der Waals surface area (Å²) in [7, 11) is 0. The van der Waals surface area contributed by atoms with Crippen molar-refractivity contribution in [2.75, 3.05) is 6.61 Å². The third kappa shape index (κ3) is 5.71. The first kappa shape index (κ1) is 17.0. The maximum Gasteiger partial charge on any atom is 0.120 e. The summed E-state index contributed by atoms with van der Waals surface area (Å²) in [5.74, 6) is 8.24. The quantitative estimate of drug-likeness (QED) is 0.665. The van der Waals surface area contributed by atoms with Crippen molar-refractivity contribution in [1.29, 1.82) is 0 Å². The average molecular weight is 308 g/mol. The SMILES string of the molecule is CC#Cc1ccc(COc2ccc(OCC(C)CC)cc2)cc1. The maximum atomic E-state index is 5.80. The molecule has 0 spiro atoms. The Kier molecular flexibility index (Phi) is 6.56. The second kappa shape index (κ2) is 8.90. The zero-order chi connectivity index (χ0) is 16.5. The van der Waals surface area contributed by atoms with Gasteiger partial charge in [0.05, 0.1) is 6.61 Å². The van der Waals surface area contributed by atoms with E-state index < -0.39 is 0 Å². The zero-order valence-corrected chi connectivity index (χ0v) is 14.1. The van der Waals surface area contributed by atoms with E-state index in [4.69, 9.17) is 9.47 Å². The molecule has 0 saturated carbocycles. The molecule has 2 rings (SSSR count). The molecule has 23 heavy (non-hydrogen) atoms. The van der Waals surface area contributed by atoms with Gasteiger partial charge in [0.1, 0.15) is 18.1 Å². The number of rotatable bonds is 7. The molecule has 120 valence electrons. The van der Waals surface area contributed by atoms with Crippen LogP contribution in [0.1, 0.15) is 38.3 Å². The molecule has 0 aliphatic heterocycles. The van der Waals surface area contributed by atoms with Crippen LogP contribution in [0.15, 0.2) is 48.5 Å². The van der Waals surface area contributed by atoms with Gasteiger partial charge in [0.2, 0.25) is 0 Å². The smallest absolute Gasteiger partial charge is 0.120 e. The van der Waals surface area contributed by atoms with E-state index in [1.807, 2.05) is 55.5 Å². The van der Waals surface area contributed by atoms with Crippen LogP contribution in [-0.4, -0.2) is 6.61 Å². The van der Waals surface area contributed by atoms with Crippen molar-refractivity contribution in [2.45, 2.75) is 33.8 Å². The molecule has 0 heterocycles. The molecule has 0 N–H and O–H groups in total. The Morgan fingerprint density at radius 2 is 1.52 bits per heavy atom. The van der Waals surface area contributed by atoms with Gasteiger partial charge in [-0.3, -0.25) is 0 Å². The van der Waals surface area contributed by atoms with Crippen molar-refractivity contribution in [3.63, 3.8) is 0 Å². The summed E-state index contributed by atoms with van der Waals surface area (Å²) < 4.78 is 11.5. The second-order valence-corrected chi connectivity index (χ2v) is 5.66. The predicted octanol–water partition coefficient (Wildman–Crippen LogP) is 5.06. The summed E-state index contributed by atoms with van der Waals surface area (Å²) in [5, 5.41) is 0. The van der Waals surface area contributed by atoms with Gasteiger partial charge >= 0.3 is 0 Å². The van der Waals surface area contributed by atoms with E-state index in [9.17, 15) is 0 Å². The van der Waals surface area contributed by atoms with E-state index in [0.717, 1.165) is 35.7 Å². The Labute approximate surface area is 139 Å². The largest absolute Gasteiger partial charge is 0.493 e. The lowest BCUT2D eigenvalue weighted by atomic mass is 10.1. The van der Waals surface area contributed by atoms with Gasteiger partial charge in [-0.05, 0) is 54.8 Å². The minimum Gasteiger partial charge on any atom is -0.493 e. The molecule has 0 amide bonds. The third-order valence-corrected chi connectivity index (χ3v) is 3.68. The average Bonchev–Trinajstić information content (AvgIpc) is 2.60. The lowest BCUT2D eigenvalue weighted by Gasteiger charge is -2.11. The standard InChI is InChI=1S/C21H24O2/c1-4-6-18-7-9-19(10-8-18)16-23-21-13-11-20(12-14-21)22-15-17(3)5-2/h7-14,17H,5,15-16H2,1-3H3. The maximum absolute atomic E-state index is 5.80. The number of hydrogen-bond acceptors (Lipinski definition) is 2. The fraction of sp³-hybridized carbons (Fsp3) is 0.333. The van der Waals surface area contributed by atoms with Gasteiger partial charge in [-0.1, -0.05) is 38.3 Å². The molecule has 1 atom stereocenters. The summed E-state index contributed by atoms with van der Waals surface area (Å²) in [6, 6.07) is 15.9. The molecule has 1 unspecified atom stereocenters. The van der Waals surface area contributed by atoms with E-state index in [1.165, 1.54) is 0 Å². The highest BCUT2D eigenvalue weighted by molar-refractivity contribution is 5.36. The highest BCUT2D eigenvalue weighted by atomic mass is 16.5. The van der Waals surface area contributed by atoms with E-state index >= 15 is 0 Å². The fourth-order valence-electron chi connectivity index (χ4n) is 1.98. The molecule has 0 aliphatic carbocycles. The number of hydrogen-bond donors (Lipinski definition) is 0. The first-order chi connectivity index (χ1) is 11.2. The van der Waals surface area contributed by atoms with Crippen molar-refractivity contribution in [3.05, 3.63) is 59.7 Å². The van der Waals surface area contributed by atoms with Gasteiger partial charge in [0.25, 0.3) is 0 Å². The van der Waals surface area contributed by atoms with Gasteiger partial charge < -0.3 is 9.47 Å². The Bertz CT molecular complexity index is 645. The fourth-order valence-corrected chi connectivity index (χ4v) is 1.98. The van der Waals surface area contributed by atoms with Gasteiger partial charge in [-0.2, -0.15) is 0 Å². The molecule has 2 aromatic rings. The van der Waals surface area contributed by atoms with Crippen molar-refractivity contribution in [3.8, 4) is 23.3 Å². The topological polar surface area (TPSA) is 18.5 Å². The van der Waals surface area contributed by atoms with Gasteiger partial charge in [-0.15, -0.1) is 5.92 Å². The van der Waals surface area contributed by atoms with Crippen LogP contribution in [0.2, 0.25) is 0 Å². The van der Waals surface area contributed by atoms with Crippen LogP contribution in [0.25, 0.3) is 0 Å². The highest BCUT2D eigenvalue weighted by Gasteiger charge is 2.01.